The summed E-state index contributed by atoms with van der Waals surface area (Å²) in [6, 6.07) is 5.41. The van der Waals surface area contributed by atoms with Crippen molar-refractivity contribution < 1.29 is 17.6 Å². The Morgan fingerprint density at radius 3 is 2.45 bits per heavy atom. The van der Waals surface area contributed by atoms with E-state index in [-0.39, 0.29) is 17.5 Å². The van der Waals surface area contributed by atoms with Gasteiger partial charge in [-0.3, -0.25) is 4.79 Å². The Kier molecular flexibility index (Phi) is 5.52. The van der Waals surface area contributed by atoms with E-state index in [1.54, 1.807) is 4.90 Å². The standard InChI is InChI=1S/C15H21FN2O3S/c1-2-12-22(20,21)18-9-3-8-17(10-11-18)15(19)13-4-6-14(16)7-5-13/h4-7H,2-3,8-12H2,1H3. The molecule has 0 spiro atoms. The third-order valence-electron chi connectivity index (χ3n) is 3.69. The SMILES string of the molecule is CCCS(=O)(=O)N1CCCN(C(=O)c2ccc(F)cc2)CC1. The van der Waals surface area contributed by atoms with Crippen LogP contribution >= 0.6 is 0 Å². The summed E-state index contributed by atoms with van der Waals surface area (Å²) in [5.74, 6) is -0.433. The van der Waals surface area contributed by atoms with Gasteiger partial charge in [0.25, 0.3) is 5.91 Å². The molecule has 0 unspecified atom stereocenters. The topological polar surface area (TPSA) is 57.7 Å². The number of halogens is 1. The highest BCUT2D eigenvalue weighted by molar-refractivity contribution is 7.89. The van der Waals surface area contributed by atoms with E-state index in [2.05, 4.69) is 0 Å². The van der Waals surface area contributed by atoms with Crippen molar-refractivity contribution in [2.24, 2.45) is 0 Å². The fourth-order valence-corrected chi connectivity index (χ4v) is 4.08. The van der Waals surface area contributed by atoms with Crippen molar-refractivity contribution in [3.8, 4) is 0 Å². The highest BCUT2D eigenvalue weighted by Crippen LogP contribution is 2.13. The van der Waals surface area contributed by atoms with Crippen LogP contribution in [0.2, 0.25) is 0 Å². The fourth-order valence-electron chi connectivity index (χ4n) is 2.54. The number of sulfonamides is 1. The molecular weight excluding hydrogens is 307 g/mol. The predicted molar refractivity (Wildman–Crippen MR) is 82.6 cm³/mol. The van der Waals surface area contributed by atoms with Gasteiger partial charge in [-0.05, 0) is 37.1 Å². The smallest absolute Gasteiger partial charge is 0.253 e. The largest absolute Gasteiger partial charge is 0.337 e. The molecule has 1 saturated heterocycles. The highest BCUT2D eigenvalue weighted by Gasteiger charge is 2.26. The lowest BCUT2D eigenvalue weighted by Gasteiger charge is -2.22. The first-order chi connectivity index (χ1) is 10.4. The number of nitrogens with zero attached hydrogens (tertiary/aromatic N) is 2. The van der Waals surface area contributed by atoms with Gasteiger partial charge in [0, 0.05) is 31.7 Å². The number of hydrogen-bond acceptors (Lipinski definition) is 3. The van der Waals surface area contributed by atoms with E-state index in [0.717, 1.165) is 0 Å². The Morgan fingerprint density at radius 2 is 1.82 bits per heavy atom. The number of rotatable bonds is 4. The van der Waals surface area contributed by atoms with Gasteiger partial charge in [0.15, 0.2) is 0 Å². The second-order valence-corrected chi connectivity index (χ2v) is 7.46. The highest BCUT2D eigenvalue weighted by atomic mass is 32.2. The first kappa shape index (κ1) is 16.9. The van der Waals surface area contributed by atoms with Gasteiger partial charge in [-0.1, -0.05) is 6.92 Å². The van der Waals surface area contributed by atoms with Gasteiger partial charge in [-0.15, -0.1) is 0 Å². The second kappa shape index (κ2) is 7.19. The summed E-state index contributed by atoms with van der Waals surface area (Å²) in [6.07, 6.45) is 1.19. The van der Waals surface area contributed by atoms with Crippen LogP contribution in [0.15, 0.2) is 24.3 Å². The lowest BCUT2D eigenvalue weighted by atomic mass is 10.2. The minimum absolute atomic E-state index is 0.138. The van der Waals surface area contributed by atoms with E-state index in [9.17, 15) is 17.6 Å². The van der Waals surface area contributed by atoms with Crippen molar-refractivity contribution in [1.29, 1.82) is 0 Å². The van der Waals surface area contributed by atoms with Gasteiger partial charge >= 0.3 is 0 Å². The molecular formula is C15H21FN2O3S. The monoisotopic (exact) mass is 328 g/mol. The Hall–Kier alpha value is -1.47. The van der Waals surface area contributed by atoms with Crippen LogP contribution in [0, 0.1) is 5.82 Å². The van der Waals surface area contributed by atoms with Crippen LogP contribution in [0.3, 0.4) is 0 Å². The summed E-state index contributed by atoms with van der Waals surface area (Å²) in [4.78, 5) is 14.0. The van der Waals surface area contributed by atoms with E-state index in [1.165, 1.54) is 28.6 Å². The van der Waals surface area contributed by atoms with Crippen LogP contribution in [0.1, 0.15) is 30.1 Å². The third-order valence-corrected chi connectivity index (χ3v) is 5.76. The Bertz CT molecular complexity index is 616. The van der Waals surface area contributed by atoms with Crippen molar-refractivity contribution in [3.05, 3.63) is 35.6 Å². The van der Waals surface area contributed by atoms with E-state index in [4.69, 9.17) is 0 Å². The zero-order valence-electron chi connectivity index (χ0n) is 12.7. The number of benzene rings is 1. The quantitative estimate of drug-likeness (QED) is 0.845. The molecule has 22 heavy (non-hydrogen) atoms. The van der Waals surface area contributed by atoms with Gasteiger partial charge in [0.05, 0.1) is 5.75 Å². The summed E-state index contributed by atoms with van der Waals surface area (Å²) >= 11 is 0. The van der Waals surface area contributed by atoms with Gasteiger partial charge in [-0.25, -0.2) is 17.1 Å². The molecule has 7 heteroatoms. The van der Waals surface area contributed by atoms with Crippen LogP contribution in [-0.2, 0) is 10.0 Å². The van der Waals surface area contributed by atoms with Crippen LogP contribution in [0.4, 0.5) is 4.39 Å². The molecule has 1 aliphatic heterocycles. The van der Waals surface area contributed by atoms with Crippen LogP contribution < -0.4 is 0 Å². The van der Waals surface area contributed by atoms with Crippen molar-refractivity contribution in [1.82, 2.24) is 9.21 Å². The van der Waals surface area contributed by atoms with Crippen LogP contribution in [0.5, 0.6) is 0 Å². The van der Waals surface area contributed by atoms with Crippen LogP contribution in [-0.4, -0.2) is 55.5 Å². The lowest BCUT2D eigenvalue weighted by molar-refractivity contribution is 0.0764. The molecule has 1 heterocycles. The van der Waals surface area contributed by atoms with Crippen LogP contribution in [0.25, 0.3) is 0 Å². The molecule has 1 aromatic carbocycles. The van der Waals surface area contributed by atoms with Gasteiger partial charge < -0.3 is 4.90 Å². The maximum Gasteiger partial charge on any atom is 0.253 e. The average Bonchev–Trinajstić information content (AvgIpc) is 2.73. The third kappa shape index (κ3) is 4.04. The lowest BCUT2D eigenvalue weighted by Crippen LogP contribution is -2.38. The Morgan fingerprint density at radius 1 is 1.14 bits per heavy atom. The average molecular weight is 328 g/mol. The van der Waals surface area contributed by atoms with Crippen molar-refractivity contribution in [2.75, 3.05) is 31.9 Å². The molecule has 2 rings (SSSR count). The normalized spacial score (nSPS) is 17.3. The Labute approximate surface area is 130 Å². The molecule has 1 aromatic rings. The van der Waals surface area contributed by atoms with Crippen molar-refractivity contribution >= 4 is 15.9 Å². The number of carbonyl (C=O) groups excluding carboxylic acids is 1. The molecule has 1 fully saturated rings. The maximum atomic E-state index is 12.9. The van der Waals surface area contributed by atoms with Gasteiger partial charge in [0.2, 0.25) is 10.0 Å². The van der Waals surface area contributed by atoms with E-state index in [0.29, 0.717) is 44.6 Å². The summed E-state index contributed by atoms with van der Waals surface area (Å²) in [5, 5.41) is 0. The predicted octanol–water partition coefficient (Wildman–Crippen LogP) is 1.71. The zero-order chi connectivity index (χ0) is 16.2. The molecule has 0 aromatic heterocycles. The molecule has 1 aliphatic rings. The maximum absolute atomic E-state index is 12.9. The molecule has 0 atom stereocenters. The second-order valence-electron chi connectivity index (χ2n) is 5.37. The summed E-state index contributed by atoms with van der Waals surface area (Å²) in [6.45, 7) is 3.46. The van der Waals surface area contributed by atoms with E-state index >= 15 is 0 Å². The van der Waals surface area contributed by atoms with E-state index in [1.807, 2.05) is 6.92 Å². The first-order valence-electron chi connectivity index (χ1n) is 7.46. The molecule has 0 N–H and O–H groups in total. The van der Waals surface area contributed by atoms with Gasteiger partial charge in [-0.2, -0.15) is 0 Å². The molecule has 122 valence electrons. The number of carbonyl (C=O) groups is 1. The molecule has 1 amide bonds. The van der Waals surface area contributed by atoms with Gasteiger partial charge in [0.1, 0.15) is 5.82 Å². The summed E-state index contributed by atoms with van der Waals surface area (Å²) < 4.78 is 38.6. The minimum atomic E-state index is -3.23. The number of hydrogen-bond donors (Lipinski definition) is 0. The molecule has 0 radical (unpaired) electrons. The molecule has 0 bridgehead atoms. The fraction of sp³-hybridized carbons (Fsp3) is 0.533. The minimum Gasteiger partial charge on any atom is -0.337 e. The Balaban J connectivity index is 2.04. The molecule has 0 aliphatic carbocycles. The zero-order valence-corrected chi connectivity index (χ0v) is 13.5. The number of amides is 1. The van der Waals surface area contributed by atoms with Crippen molar-refractivity contribution in [2.45, 2.75) is 19.8 Å². The first-order valence-corrected chi connectivity index (χ1v) is 9.07. The van der Waals surface area contributed by atoms with Crippen molar-refractivity contribution in [3.63, 3.8) is 0 Å². The molecule has 5 nitrogen and oxygen atoms in total. The summed E-state index contributed by atoms with van der Waals surface area (Å²) in [7, 11) is -3.23. The van der Waals surface area contributed by atoms with E-state index < -0.39 is 10.0 Å². The molecule has 0 saturated carbocycles. The summed E-state index contributed by atoms with van der Waals surface area (Å²) in [5.41, 5.74) is 0.422.